The second-order valence-corrected chi connectivity index (χ2v) is 6.30. The summed E-state index contributed by atoms with van der Waals surface area (Å²) in [6.45, 7) is 2.52. The van der Waals surface area contributed by atoms with Gasteiger partial charge in [0.25, 0.3) is 5.91 Å². The Hall–Kier alpha value is -3.35. The molecule has 1 aromatic carbocycles. The molecule has 1 unspecified atom stereocenters. The molecule has 0 aliphatic rings. The first-order valence-electron chi connectivity index (χ1n) is 8.39. The summed E-state index contributed by atoms with van der Waals surface area (Å²) in [5.41, 5.74) is 3.11. The SMILES string of the molecule is CC(c1ccon1)N(C)C(=O)c1cc(Cn2ccc3ccccc32)[nH]n1. The monoisotopic (exact) mass is 349 g/mol. The minimum absolute atomic E-state index is 0.166. The maximum Gasteiger partial charge on any atom is 0.274 e. The van der Waals surface area contributed by atoms with Gasteiger partial charge in [0.15, 0.2) is 0 Å². The van der Waals surface area contributed by atoms with Gasteiger partial charge in [-0.3, -0.25) is 9.89 Å². The molecule has 3 aromatic heterocycles. The van der Waals surface area contributed by atoms with Gasteiger partial charge in [-0.25, -0.2) is 0 Å². The van der Waals surface area contributed by atoms with Crippen molar-refractivity contribution in [3.05, 3.63) is 72.0 Å². The van der Waals surface area contributed by atoms with Crippen molar-refractivity contribution in [3.63, 3.8) is 0 Å². The average molecular weight is 349 g/mol. The van der Waals surface area contributed by atoms with Gasteiger partial charge in [-0.1, -0.05) is 23.4 Å². The van der Waals surface area contributed by atoms with Crippen LogP contribution in [0.3, 0.4) is 0 Å². The molecular weight excluding hydrogens is 330 g/mol. The predicted molar refractivity (Wildman–Crippen MR) is 96.6 cm³/mol. The summed E-state index contributed by atoms with van der Waals surface area (Å²) in [6, 6.07) is 13.6. The molecule has 0 fully saturated rings. The quantitative estimate of drug-likeness (QED) is 0.600. The number of aromatic nitrogens is 4. The lowest BCUT2D eigenvalue weighted by Gasteiger charge is -2.21. The summed E-state index contributed by atoms with van der Waals surface area (Å²) >= 11 is 0. The third-order valence-electron chi connectivity index (χ3n) is 4.66. The number of nitrogens with one attached hydrogen (secondary N) is 1. The lowest BCUT2D eigenvalue weighted by molar-refractivity contribution is 0.0731. The summed E-state index contributed by atoms with van der Waals surface area (Å²) in [5, 5.41) is 12.2. The molecule has 132 valence electrons. The van der Waals surface area contributed by atoms with E-state index in [2.05, 4.69) is 38.1 Å². The molecule has 26 heavy (non-hydrogen) atoms. The molecule has 1 N–H and O–H groups in total. The summed E-state index contributed by atoms with van der Waals surface area (Å²) in [5.74, 6) is -0.166. The van der Waals surface area contributed by atoms with Gasteiger partial charge >= 0.3 is 0 Å². The molecule has 7 heteroatoms. The minimum Gasteiger partial charge on any atom is -0.364 e. The molecule has 0 radical (unpaired) electrons. The zero-order valence-electron chi connectivity index (χ0n) is 14.6. The van der Waals surface area contributed by atoms with Gasteiger partial charge in [0, 0.05) is 24.8 Å². The van der Waals surface area contributed by atoms with E-state index < -0.39 is 0 Å². The molecule has 1 atom stereocenters. The fourth-order valence-electron chi connectivity index (χ4n) is 3.01. The van der Waals surface area contributed by atoms with Crippen LogP contribution in [0.2, 0.25) is 0 Å². The predicted octanol–water partition coefficient (Wildman–Crippen LogP) is 3.23. The molecule has 4 aromatic rings. The molecule has 0 aliphatic heterocycles. The molecule has 3 heterocycles. The number of nitrogens with zero attached hydrogens (tertiary/aromatic N) is 4. The Bertz CT molecular complexity index is 1030. The molecule has 1 amide bonds. The van der Waals surface area contributed by atoms with Crippen molar-refractivity contribution in [2.75, 3.05) is 7.05 Å². The number of hydrogen-bond donors (Lipinski definition) is 1. The van der Waals surface area contributed by atoms with Crippen LogP contribution >= 0.6 is 0 Å². The molecule has 0 saturated carbocycles. The smallest absolute Gasteiger partial charge is 0.274 e. The summed E-state index contributed by atoms with van der Waals surface area (Å²) in [4.78, 5) is 14.3. The van der Waals surface area contributed by atoms with E-state index >= 15 is 0 Å². The lowest BCUT2D eigenvalue weighted by Crippen LogP contribution is -2.30. The number of aromatic amines is 1. The summed E-state index contributed by atoms with van der Waals surface area (Å²) in [6.07, 6.45) is 3.53. The number of hydrogen-bond acceptors (Lipinski definition) is 4. The van der Waals surface area contributed by atoms with E-state index in [0.29, 0.717) is 17.9 Å². The lowest BCUT2D eigenvalue weighted by atomic mass is 10.2. The fourth-order valence-corrected chi connectivity index (χ4v) is 3.01. The number of fused-ring (bicyclic) bond motifs is 1. The Morgan fingerprint density at radius 2 is 2.15 bits per heavy atom. The van der Waals surface area contributed by atoms with Crippen molar-refractivity contribution >= 4 is 16.8 Å². The zero-order valence-corrected chi connectivity index (χ0v) is 14.6. The van der Waals surface area contributed by atoms with Crippen LogP contribution < -0.4 is 0 Å². The normalized spacial score (nSPS) is 12.4. The van der Waals surface area contributed by atoms with Crippen LogP contribution in [0.5, 0.6) is 0 Å². The maximum absolute atomic E-state index is 12.7. The van der Waals surface area contributed by atoms with Crippen molar-refractivity contribution in [3.8, 4) is 0 Å². The molecule has 0 bridgehead atoms. The molecule has 0 spiro atoms. The number of para-hydroxylation sites is 1. The van der Waals surface area contributed by atoms with Gasteiger partial charge in [0.2, 0.25) is 0 Å². The standard InChI is InChI=1S/C19H19N5O2/c1-13(16-8-10-26-22-16)23(2)19(25)17-11-15(20-21-17)12-24-9-7-14-5-3-4-6-18(14)24/h3-11,13H,12H2,1-2H3,(H,20,21). The van der Waals surface area contributed by atoms with Crippen molar-refractivity contribution in [1.82, 2.24) is 24.8 Å². The second-order valence-electron chi connectivity index (χ2n) is 6.30. The van der Waals surface area contributed by atoms with Crippen LogP contribution in [0.25, 0.3) is 10.9 Å². The van der Waals surface area contributed by atoms with Gasteiger partial charge in [-0.05, 0) is 30.5 Å². The highest BCUT2D eigenvalue weighted by Crippen LogP contribution is 2.20. The number of carbonyl (C=O) groups is 1. The highest BCUT2D eigenvalue weighted by molar-refractivity contribution is 5.92. The van der Waals surface area contributed by atoms with Crippen molar-refractivity contribution < 1.29 is 9.32 Å². The first kappa shape index (κ1) is 16.1. The van der Waals surface area contributed by atoms with E-state index in [9.17, 15) is 4.79 Å². The third-order valence-corrected chi connectivity index (χ3v) is 4.66. The van der Waals surface area contributed by atoms with E-state index in [-0.39, 0.29) is 11.9 Å². The van der Waals surface area contributed by atoms with Crippen LogP contribution in [0.4, 0.5) is 0 Å². The number of benzene rings is 1. The highest BCUT2D eigenvalue weighted by Gasteiger charge is 2.22. The largest absolute Gasteiger partial charge is 0.364 e. The number of amides is 1. The van der Waals surface area contributed by atoms with Crippen LogP contribution in [0.1, 0.15) is 34.8 Å². The van der Waals surface area contributed by atoms with Crippen molar-refractivity contribution in [2.45, 2.75) is 19.5 Å². The van der Waals surface area contributed by atoms with Gasteiger partial charge in [0.05, 0.1) is 18.3 Å². The maximum atomic E-state index is 12.7. The minimum atomic E-state index is -0.199. The summed E-state index contributed by atoms with van der Waals surface area (Å²) in [7, 11) is 1.73. The molecule has 0 saturated heterocycles. The Morgan fingerprint density at radius 1 is 1.31 bits per heavy atom. The first-order valence-corrected chi connectivity index (χ1v) is 8.39. The van der Waals surface area contributed by atoms with Gasteiger partial charge < -0.3 is 14.0 Å². The Kier molecular flexibility index (Phi) is 4.04. The Labute approximate surface area is 150 Å². The first-order chi connectivity index (χ1) is 12.6. The van der Waals surface area contributed by atoms with Crippen molar-refractivity contribution in [2.24, 2.45) is 0 Å². The van der Waals surface area contributed by atoms with Crippen molar-refractivity contribution in [1.29, 1.82) is 0 Å². The Balaban J connectivity index is 1.51. The third kappa shape index (κ3) is 2.88. The summed E-state index contributed by atoms with van der Waals surface area (Å²) < 4.78 is 6.98. The van der Waals surface area contributed by atoms with Gasteiger partial charge in [-0.2, -0.15) is 5.10 Å². The van der Waals surface area contributed by atoms with E-state index in [0.717, 1.165) is 11.2 Å². The molecule has 0 aliphatic carbocycles. The number of rotatable bonds is 5. The second kappa shape index (κ2) is 6.51. The van der Waals surface area contributed by atoms with Crippen LogP contribution in [0, 0.1) is 0 Å². The number of H-pyrrole nitrogens is 1. The van der Waals surface area contributed by atoms with Gasteiger partial charge in [0.1, 0.15) is 17.7 Å². The van der Waals surface area contributed by atoms with E-state index in [1.54, 1.807) is 24.1 Å². The van der Waals surface area contributed by atoms with E-state index in [1.165, 1.54) is 11.6 Å². The topological polar surface area (TPSA) is 80.0 Å². The Morgan fingerprint density at radius 3 is 2.96 bits per heavy atom. The molecule has 4 rings (SSSR count). The molecule has 7 nitrogen and oxygen atoms in total. The fraction of sp³-hybridized carbons (Fsp3) is 0.211. The zero-order chi connectivity index (χ0) is 18.1. The van der Waals surface area contributed by atoms with Gasteiger partial charge in [-0.15, -0.1) is 0 Å². The van der Waals surface area contributed by atoms with Crippen LogP contribution in [-0.2, 0) is 6.54 Å². The number of carbonyl (C=O) groups excluding carboxylic acids is 1. The van der Waals surface area contributed by atoms with Crippen LogP contribution in [0.15, 0.2) is 59.4 Å². The van der Waals surface area contributed by atoms with E-state index in [1.807, 2.05) is 25.3 Å². The average Bonchev–Trinajstić information content (AvgIpc) is 3.41. The highest BCUT2D eigenvalue weighted by atomic mass is 16.5. The molecular formula is C19H19N5O2. The van der Waals surface area contributed by atoms with E-state index in [4.69, 9.17) is 4.52 Å². The van der Waals surface area contributed by atoms with Crippen LogP contribution in [-0.4, -0.2) is 37.8 Å².